The highest BCUT2D eigenvalue weighted by molar-refractivity contribution is 5.87. The largest absolute Gasteiger partial charge is 0.497 e. The van der Waals surface area contributed by atoms with Crippen molar-refractivity contribution in [3.8, 4) is 17.2 Å². The number of methoxy groups -OCH3 is 1. The van der Waals surface area contributed by atoms with E-state index in [4.69, 9.17) is 14.2 Å². The number of hydrogen-bond acceptors (Lipinski definition) is 5. The zero-order valence-corrected chi connectivity index (χ0v) is 20.3. The van der Waals surface area contributed by atoms with Crippen LogP contribution >= 0.6 is 0 Å². The normalized spacial score (nSPS) is 11.4. The van der Waals surface area contributed by atoms with E-state index in [0.29, 0.717) is 49.8 Å². The van der Waals surface area contributed by atoms with E-state index in [1.807, 2.05) is 63.2 Å². The number of carbonyl (C=O) groups excluding carboxylic acids is 2. The fourth-order valence-corrected chi connectivity index (χ4v) is 3.70. The molecule has 7 heteroatoms. The summed E-state index contributed by atoms with van der Waals surface area (Å²) in [6.45, 7) is 7.17. The molecule has 0 aliphatic heterocycles. The molecular weight excluding hydrogens is 420 g/mol. The van der Waals surface area contributed by atoms with Crippen LogP contribution in [0, 0.1) is 0 Å². The summed E-state index contributed by atoms with van der Waals surface area (Å²) in [7, 11) is 3.20. The van der Waals surface area contributed by atoms with Crippen molar-refractivity contribution in [1.82, 2.24) is 10.2 Å². The quantitative estimate of drug-likeness (QED) is 0.493. The van der Waals surface area contributed by atoms with Crippen molar-refractivity contribution in [2.24, 2.45) is 0 Å². The van der Waals surface area contributed by atoms with Crippen LogP contribution in [0.1, 0.15) is 44.7 Å². The van der Waals surface area contributed by atoms with Gasteiger partial charge in [-0.2, -0.15) is 0 Å². The van der Waals surface area contributed by atoms with Crippen molar-refractivity contribution < 1.29 is 23.8 Å². The minimum absolute atomic E-state index is 0.0832. The van der Waals surface area contributed by atoms with Gasteiger partial charge in [-0.1, -0.05) is 25.1 Å². The Morgan fingerprint density at radius 2 is 1.70 bits per heavy atom. The third kappa shape index (κ3) is 7.41. The van der Waals surface area contributed by atoms with Gasteiger partial charge in [-0.15, -0.1) is 0 Å². The van der Waals surface area contributed by atoms with Crippen LogP contribution < -0.4 is 19.5 Å². The molecule has 2 aromatic carbocycles. The molecule has 0 spiro atoms. The number of carbonyl (C=O) groups is 2. The first-order valence-electron chi connectivity index (χ1n) is 11.5. The van der Waals surface area contributed by atoms with Crippen LogP contribution in [0.25, 0.3) is 0 Å². The van der Waals surface area contributed by atoms with Crippen LogP contribution in [0.2, 0.25) is 0 Å². The van der Waals surface area contributed by atoms with E-state index in [2.05, 4.69) is 5.32 Å². The second kappa shape index (κ2) is 13.4. The lowest BCUT2D eigenvalue weighted by atomic mass is 10.1. The molecule has 2 aromatic rings. The average molecular weight is 457 g/mol. The van der Waals surface area contributed by atoms with Crippen LogP contribution in [0.5, 0.6) is 17.2 Å². The van der Waals surface area contributed by atoms with Crippen LogP contribution in [-0.4, -0.2) is 50.1 Å². The van der Waals surface area contributed by atoms with Crippen LogP contribution in [-0.2, 0) is 22.6 Å². The van der Waals surface area contributed by atoms with Crippen molar-refractivity contribution in [2.75, 3.05) is 27.4 Å². The van der Waals surface area contributed by atoms with Gasteiger partial charge in [0.25, 0.3) is 0 Å². The summed E-state index contributed by atoms with van der Waals surface area (Å²) in [6.07, 6.45) is 1.33. The molecule has 0 aliphatic carbocycles. The Kier molecular flexibility index (Phi) is 10.5. The summed E-state index contributed by atoms with van der Waals surface area (Å²) in [5.74, 6) is 1.83. The summed E-state index contributed by atoms with van der Waals surface area (Å²) >= 11 is 0. The molecule has 0 heterocycles. The Bertz CT molecular complexity index is 915. The number of nitrogens with zero attached hydrogens (tertiary/aromatic N) is 1. The van der Waals surface area contributed by atoms with E-state index >= 15 is 0 Å². The number of likely N-dealkylation sites (N-methyl/N-ethyl adjacent to an activating group) is 1. The van der Waals surface area contributed by atoms with E-state index in [9.17, 15) is 9.59 Å². The van der Waals surface area contributed by atoms with E-state index in [1.165, 1.54) is 0 Å². The van der Waals surface area contributed by atoms with Crippen molar-refractivity contribution >= 4 is 11.8 Å². The van der Waals surface area contributed by atoms with Gasteiger partial charge in [0.05, 0.1) is 20.3 Å². The van der Waals surface area contributed by atoms with Crippen molar-refractivity contribution in [3.05, 3.63) is 53.6 Å². The molecule has 0 saturated carbocycles. The molecule has 0 fully saturated rings. The number of aryl methyl sites for hydroxylation is 1. The topological polar surface area (TPSA) is 77.1 Å². The number of rotatable bonds is 13. The Morgan fingerprint density at radius 1 is 0.970 bits per heavy atom. The maximum absolute atomic E-state index is 13.3. The lowest BCUT2D eigenvalue weighted by Gasteiger charge is -2.30. The number of amides is 2. The SMILES string of the molecule is CCOc1ccc(CCC(=O)N(Cc2cccc(OC)c2)[C@@H](CC)C(=O)NC)cc1OCC. The Hall–Kier alpha value is -3.22. The maximum Gasteiger partial charge on any atom is 0.242 e. The van der Waals surface area contributed by atoms with Crippen LogP contribution in [0.3, 0.4) is 0 Å². The van der Waals surface area contributed by atoms with Gasteiger partial charge in [-0.3, -0.25) is 9.59 Å². The summed E-state index contributed by atoms with van der Waals surface area (Å²) < 4.78 is 16.6. The molecule has 1 atom stereocenters. The number of benzene rings is 2. The molecule has 0 radical (unpaired) electrons. The van der Waals surface area contributed by atoms with E-state index in [1.54, 1.807) is 19.1 Å². The highest BCUT2D eigenvalue weighted by atomic mass is 16.5. The molecular formula is C26H36N2O5. The minimum Gasteiger partial charge on any atom is -0.497 e. The first-order valence-corrected chi connectivity index (χ1v) is 11.5. The molecule has 0 aromatic heterocycles. The number of nitrogens with one attached hydrogen (secondary N) is 1. The molecule has 7 nitrogen and oxygen atoms in total. The lowest BCUT2D eigenvalue weighted by Crippen LogP contribution is -2.48. The first kappa shape index (κ1) is 26.0. The minimum atomic E-state index is -0.548. The van der Waals surface area contributed by atoms with Gasteiger partial charge in [-0.05, 0) is 62.1 Å². The smallest absolute Gasteiger partial charge is 0.242 e. The molecule has 180 valence electrons. The summed E-state index contributed by atoms with van der Waals surface area (Å²) in [5.41, 5.74) is 1.88. The average Bonchev–Trinajstić information content (AvgIpc) is 2.83. The van der Waals surface area contributed by atoms with Gasteiger partial charge >= 0.3 is 0 Å². The van der Waals surface area contributed by atoms with Crippen molar-refractivity contribution in [2.45, 2.75) is 52.6 Å². The summed E-state index contributed by atoms with van der Waals surface area (Å²) in [4.78, 5) is 27.5. The summed E-state index contributed by atoms with van der Waals surface area (Å²) in [5, 5.41) is 2.69. The van der Waals surface area contributed by atoms with Gasteiger partial charge in [-0.25, -0.2) is 0 Å². The molecule has 0 bridgehead atoms. The van der Waals surface area contributed by atoms with Gasteiger partial charge in [0, 0.05) is 20.0 Å². The third-order valence-electron chi connectivity index (χ3n) is 5.35. The fourth-order valence-electron chi connectivity index (χ4n) is 3.70. The highest BCUT2D eigenvalue weighted by Gasteiger charge is 2.27. The van der Waals surface area contributed by atoms with Gasteiger partial charge in [0.2, 0.25) is 11.8 Å². The predicted octanol–water partition coefficient (Wildman–Crippen LogP) is 3.98. The lowest BCUT2D eigenvalue weighted by molar-refractivity contribution is -0.141. The second-order valence-corrected chi connectivity index (χ2v) is 7.56. The molecule has 2 rings (SSSR count). The maximum atomic E-state index is 13.3. The monoisotopic (exact) mass is 456 g/mol. The number of hydrogen-bond donors (Lipinski definition) is 1. The van der Waals surface area contributed by atoms with Gasteiger partial charge < -0.3 is 24.4 Å². The van der Waals surface area contributed by atoms with Gasteiger partial charge in [0.1, 0.15) is 11.8 Å². The molecule has 33 heavy (non-hydrogen) atoms. The second-order valence-electron chi connectivity index (χ2n) is 7.56. The van der Waals surface area contributed by atoms with E-state index < -0.39 is 6.04 Å². The Labute approximate surface area is 197 Å². The Morgan fingerprint density at radius 3 is 2.33 bits per heavy atom. The summed E-state index contributed by atoms with van der Waals surface area (Å²) in [6, 6.07) is 12.8. The Balaban J connectivity index is 2.21. The number of ether oxygens (including phenoxy) is 3. The molecule has 1 N–H and O–H groups in total. The van der Waals surface area contributed by atoms with Gasteiger partial charge in [0.15, 0.2) is 11.5 Å². The van der Waals surface area contributed by atoms with Crippen molar-refractivity contribution in [3.63, 3.8) is 0 Å². The molecule has 0 aliphatic rings. The van der Waals surface area contributed by atoms with Crippen LogP contribution in [0.15, 0.2) is 42.5 Å². The first-order chi connectivity index (χ1) is 16.0. The molecule has 2 amide bonds. The zero-order chi connectivity index (χ0) is 24.2. The van der Waals surface area contributed by atoms with E-state index in [-0.39, 0.29) is 18.2 Å². The van der Waals surface area contributed by atoms with Crippen LogP contribution in [0.4, 0.5) is 0 Å². The standard InChI is InChI=1S/C26H36N2O5/c1-6-22(26(30)27-4)28(18-20-10-9-11-21(16-20)31-5)25(29)15-13-19-12-14-23(32-7-2)24(17-19)33-8-3/h9-12,14,16-17,22H,6-8,13,15,18H2,1-5H3,(H,27,30)/t22-/m0/s1. The van der Waals surface area contributed by atoms with Crippen molar-refractivity contribution in [1.29, 1.82) is 0 Å². The zero-order valence-electron chi connectivity index (χ0n) is 20.3. The third-order valence-corrected chi connectivity index (χ3v) is 5.35. The van der Waals surface area contributed by atoms with E-state index in [0.717, 1.165) is 11.1 Å². The molecule has 0 saturated heterocycles. The predicted molar refractivity (Wildman–Crippen MR) is 129 cm³/mol. The molecule has 0 unspecified atom stereocenters. The fraction of sp³-hybridized carbons (Fsp3) is 0.462. The highest BCUT2D eigenvalue weighted by Crippen LogP contribution is 2.29.